The van der Waals surface area contributed by atoms with Gasteiger partial charge in [-0.2, -0.15) is 0 Å². The number of hydrogen-bond donors (Lipinski definition) is 0. The Morgan fingerprint density at radius 1 is 1.07 bits per heavy atom. The smallest absolute Gasteiger partial charge is 0.308 e. The Kier molecular flexibility index (Phi) is 5.40. The Morgan fingerprint density at radius 3 is 2.59 bits per heavy atom. The molecule has 1 aromatic heterocycles. The topological polar surface area (TPSA) is 51.5 Å². The summed E-state index contributed by atoms with van der Waals surface area (Å²) in [5.74, 6) is -1.10. The second-order valence-corrected chi connectivity index (χ2v) is 7.54. The van der Waals surface area contributed by atoms with Crippen LogP contribution in [-0.2, 0) is 9.53 Å². The van der Waals surface area contributed by atoms with Gasteiger partial charge in [-0.25, -0.2) is 4.39 Å². The Labute approximate surface area is 172 Å². The maximum absolute atomic E-state index is 13.5. The van der Waals surface area contributed by atoms with E-state index in [9.17, 15) is 14.0 Å². The minimum absolute atomic E-state index is 0.0136. The van der Waals surface area contributed by atoms with Gasteiger partial charge < -0.3 is 4.74 Å². The molecule has 0 saturated carbocycles. The number of para-hydroxylation sites is 1. The summed E-state index contributed by atoms with van der Waals surface area (Å²) < 4.78 is 20.5. The van der Waals surface area contributed by atoms with E-state index in [-0.39, 0.29) is 24.9 Å². The molecule has 5 nitrogen and oxygen atoms in total. The average molecular weight is 410 g/mol. The Morgan fingerprint density at radius 2 is 1.83 bits per heavy atom. The lowest BCUT2D eigenvalue weighted by Crippen LogP contribution is -2.36. The molecule has 0 radical (unpaired) electrons. The highest BCUT2D eigenvalue weighted by atomic mass is 32.2. The number of rotatable bonds is 4. The molecule has 1 unspecified atom stereocenters. The third-order valence-electron chi connectivity index (χ3n) is 4.69. The molecule has 1 aliphatic heterocycles. The van der Waals surface area contributed by atoms with Crippen LogP contribution in [0.25, 0.3) is 0 Å². The van der Waals surface area contributed by atoms with Crippen LogP contribution < -0.4 is 4.90 Å². The van der Waals surface area contributed by atoms with Crippen LogP contribution in [0.15, 0.2) is 71.8 Å². The van der Waals surface area contributed by atoms with Crippen molar-refractivity contribution < 1.29 is 18.7 Å². The van der Waals surface area contributed by atoms with E-state index >= 15 is 0 Å². The molecule has 0 N–H and O–H groups in total. The van der Waals surface area contributed by atoms with Crippen molar-refractivity contribution in [3.8, 4) is 0 Å². The third-order valence-corrected chi connectivity index (χ3v) is 5.76. The van der Waals surface area contributed by atoms with Gasteiger partial charge in [0.2, 0.25) is 0 Å². The van der Waals surface area contributed by atoms with Crippen molar-refractivity contribution in [1.82, 2.24) is 3.97 Å². The number of anilines is 1. The molecular formula is C22H19FN2O3S. The summed E-state index contributed by atoms with van der Waals surface area (Å²) in [7, 11) is 0. The van der Waals surface area contributed by atoms with Crippen molar-refractivity contribution >= 4 is 29.5 Å². The molecule has 1 aliphatic rings. The zero-order chi connectivity index (χ0) is 20.4. The summed E-state index contributed by atoms with van der Waals surface area (Å²) in [6.45, 7) is 2.02. The lowest BCUT2D eigenvalue weighted by molar-refractivity contribution is -0.143. The highest BCUT2D eigenvalue weighted by Gasteiger charge is 2.35. The second kappa shape index (κ2) is 8.13. The molecule has 0 aliphatic carbocycles. The largest absolute Gasteiger partial charge is 0.466 e. The molecule has 0 saturated heterocycles. The predicted molar refractivity (Wildman–Crippen MR) is 109 cm³/mol. The first kappa shape index (κ1) is 19.3. The van der Waals surface area contributed by atoms with Crippen LogP contribution in [0.1, 0.15) is 35.4 Å². The molecule has 1 atom stereocenters. The van der Waals surface area contributed by atoms with E-state index in [0.717, 1.165) is 10.6 Å². The van der Waals surface area contributed by atoms with Crippen LogP contribution in [0.4, 0.5) is 10.1 Å². The summed E-state index contributed by atoms with van der Waals surface area (Å²) in [5.41, 5.74) is 1.86. The van der Waals surface area contributed by atoms with Gasteiger partial charge in [0.05, 0.1) is 35.3 Å². The molecule has 2 aromatic carbocycles. The first-order valence-electron chi connectivity index (χ1n) is 9.28. The number of carbonyl (C=O) groups excluding carboxylic acids is 2. The second-order valence-electron chi connectivity index (χ2n) is 6.52. The predicted octanol–water partition coefficient (Wildman–Crippen LogP) is 4.84. The summed E-state index contributed by atoms with van der Waals surface area (Å²) in [5, 5.41) is 0. The summed E-state index contributed by atoms with van der Waals surface area (Å²) in [6, 6.07) is 16.2. The van der Waals surface area contributed by atoms with Gasteiger partial charge in [0, 0.05) is 11.8 Å². The normalized spacial score (nSPS) is 15.2. The quantitative estimate of drug-likeness (QED) is 0.578. The third kappa shape index (κ3) is 3.78. The van der Waals surface area contributed by atoms with Crippen LogP contribution in [0.2, 0.25) is 0 Å². The lowest BCUT2D eigenvalue weighted by atomic mass is 10.0. The van der Waals surface area contributed by atoms with Gasteiger partial charge in [-0.1, -0.05) is 12.1 Å². The van der Waals surface area contributed by atoms with Crippen molar-refractivity contribution in [2.45, 2.75) is 24.3 Å². The van der Waals surface area contributed by atoms with E-state index < -0.39 is 11.9 Å². The van der Waals surface area contributed by atoms with Crippen LogP contribution in [0.5, 0.6) is 0 Å². The number of amides is 1. The number of carbonyl (C=O) groups is 2. The van der Waals surface area contributed by atoms with E-state index in [1.54, 1.807) is 11.8 Å². The zero-order valence-corrected chi connectivity index (χ0v) is 16.6. The molecule has 0 fully saturated rings. The minimum atomic E-state index is -0.558. The van der Waals surface area contributed by atoms with Crippen molar-refractivity contribution in [3.05, 3.63) is 83.9 Å². The molecule has 3 aromatic rings. The average Bonchev–Trinajstić information content (AvgIpc) is 3.12. The number of nitrogens with zero attached hydrogens (tertiary/aromatic N) is 2. The number of fused-ring (bicyclic) bond motifs is 2. The first-order chi connectivity index (χ1) is 14.1. The fourth-order valence-electron chi connectivity index (χ4n) is 3.42. The van der Waals surface area contributed by atoms with Crippen molar-refractivity contribution in [1.29, 1.82) is 0 Å². The number of hydrogen-bond acceptors (Lipinski definition) is 4. The molecule has 7 heteroatoms. The van der Waals surface area contributed by atoms with E-state index in [2.05, 4.69) is 0 Å². The van der Waals surface area contributed by atoms with Gasteiger partial charge in [-0.3, -0.25) is 18.5 Å². The van der Waals surface area contributed by atoms with Gasteiger partial charge in [-0.15, -0.1) is 0 Å². The van der Waals surface area contributed by atoms with Crippen LogP contribution in [-0.4, -0.2) is 22.5 Å². The zero-order valence-electron chi connectivity index (χ0n) is 15.7. The number of aromatic nitrogens is 1. The Hall–Kier alpha value is -3.06. The van der Waals surface area contributed by atoms with Gasteiger partial charge in [-0.05, 0) is 67.4 Å². The van der Waals surface area contributed by atoms with Crippen LogP contribution in [0, 0.1) is 5.82 Å². The molecule has 2 heterocycles. The van der Waals surface area contributed by atoms with Gasteiger partial charge in [0.1, 0.15) is 5.82 Å². The number of ether oxygens (including phenoxy) is 1. The molecular weight excluding hydrogens is 391 g/mol. The fraction of sp³-hybridized carbons (Fsp3) is 0.182. The highest BCUT2D eigenvalue weighted by Crippen LogP contribution is 2.43. The molecule has 0 bridgehead atoms. The minimum Gasteiger partial charge on any atom is -0.466 e. The van der Waals surface area contributed by atoms with E-state index in [1.807, 2.05) is 46.6 Å². The molecule has 0 spiro atoms. The fourth-order valence-corrected chi connectivity index (χ4v) is 4.45. The van der Waals surface area contributed by atoms with Crippen molar-refractivity contribution in [2.75, 3.05) is 11.5 Å². The number of halogens is 1. The number of benzene rings is 2. The van der Waals surface area contributed by atoms with Gasteiger partial charge in [0.25, 0.3) is 5.91 Å². The summed E-state index contributed by atoms with van der Waals surface area (Å²) >= 11 is 1.48. The van der Waals surface area contributed by atoms with Gasteiger partial charge in [0.15, 0.2) is 0 Å². The Bertz CT molecular complexity index is 1050. The van der Waals surface area contributed by atoms with Crippen LogP contribution in [0.3, 0.4) is 0 Å². The summed E-state index contributed by atoms with van der Waals surface area (Å²) in [6.07, 6.45) is 1.92. The Balaban J connectivity index is 1.85. The summed E-state index contributed by atoms with van der Waals surface area (Å²) in [4.78, 5) is 28.4. The molecule has 29 heavy (non-hydrogen) atoms. The van der Waals surface area contributed by atoms with E-state index in [1.165, 1.54) is 36.2 Å². The molecule has 148 valence electrons. The van der Waals surface area contributed by atoms with Gasteiger partial charge >= 0.3 is 5.97 Å². The highest BCUT2D eigenvalue weighted by molar-refractivity contribution is 7.98. The van der Waals surface area contributed by atoms with Crippen LogP contribution >= 0.6 is 11.9 Å². The van der Waals surface area contributed by atoms with E-state index in [4.69, 9.17) is 4.74 Å². The SMILES string of the molecule is CCOC(=O)CC1c2cccn2Sc2ccccc2N1C(=O)c1ccc(F)cc1. The van der Waals surface area contributed by atoms with E-state index in [0.29, 0.717) is 11.3 Å². The molecule has 1 amide bonds. The van der Waals surface area contributed by atoms with Crippen molar-refractivity contribution in [2.24, 2.45) is 0 Å². The van der Waals surface area contributed by atoms with Crippen molar-refractivity contribution in [3.63, 3.8) is 0 Å². The first-order valence-corrected chi connectivity index (χ1v) is 10.0. The lowest BCUT2D eigenvalue weighted by Gasteiger charge is -2.30. The maximum atomic E-state index is 13.5. The molecule has 4 rings (SSSR count). The maximum Gasteiger partial charge on any atom is 0.308 e. The monoisotopic (exact) mass is 410 g/mol. The number of esters is 1. The standard InChI is InChI=1S/C22H19FN2O3S/c1-2-28-21(26)14-19-17-7-5-13-24(17)29-20-8-4-3-6-18(20)25(19)22(27)15-9-11-16(23)12-10-15/h3-13,19H,2,14H2,1H3.